The standard InChI is InChI=1S/C27H25NO6/c1-16(2)17-5-7-18(8-6-17)24-23(26(30)27(31)28(24)15-20-4-3-11-32-20)25(29)19-9-10-21-22(14-19)34-13-12-33-21/h3-11,14,16,24,29H,12-13,15H2,1-2H3/b25-23-. The molecule has 0 aliphatic carbocycles. The summed E-state index contributed by atoms with van der Waals surface area (Å²) < 4.78 is 16.6. The number of aliphatic hydroxyl groups excluding tert-OH is 1. The third-order valence-electron chi connectivity index (χ3n) is 6.18. The van der Waals surface area contributed by atoms with E-state index in [1.807, 2.05) is 24.3 Å². The van der Waals surface area contributed by atoms with Crippen LogP contribution in [0, 0.1) is 0 Å². The van der Waals surface area contributed by atoms with Gasteiger partial charge in [0.05, 0.1) is 24.4 Å². The first-order chi connectivity index (χ1) is 16.4. The Morgan fingerprint density at radius 1 is 1.03 bits per heavy atom. The van der Waals surface area contributed by atoms with Gasteiger partial charge in [-0.25, -0.2) is 0 Å². The fourth-order valence-corrected chi connectivity index (χ4v) is 4.37. The Hall–Kier alpha value is -4.00. The molecule has 1 aromatic heterocycles. The van der Waals surface area contributed by atoms with Crippen molar-refractivity contribution in [2.24, 2.45) is 0 Å². The lowest BCUT2D eigenvalue weighted by molar-refractivity contribution is -0.140. The topological polar surface area (TPSA) is 89.2 Å². The number of aliphatic hydroxyl groups is 1. The minimum Gasteiger partial charge on any atom is -0.507 e. The maximum Gasteiger partial charge on any atom is 0.296 e. The van der Waals surface area contributed by atoms with Crippen LogP contribution in [0.4, 0.5) is 0 Å². The molecule has 2 aliphatic rings. The molecule has 1 N–H and O–H groups in total. The molecule has 1 unspecified atom stereocenters. The van der Waals surface area contributed by atoms with Gasteiger partial charge in [0.1, 0.15) is 24.7 Å². The number of furan rings is 1. The summed E-state index contributed by atoms with van der Waals surface area (Å²) in [6.45, 7) is 5.14. The van der Waals surface area contributed by atoms with E-state index in [2.05, 4.69) is 13.8 Å². The lowest BCUT2D eigenvalue weighted by atomic mass is 9.93. The molecule has 0 spiro atoms. The molecule has 5 rings (SSSR count). The largest absolute Gasteiger partial charge is 0.507 e. The number of hydrogen-bond donors (Lipinski definition) is 1. The maximum atomic E-state index is 13.2. The van der Waals surface area contributed by atoms with Crippen molar-refractivity contribution in [2.75, 3.05) is 13.2 Å². The van der Waals surface area contributed by atoms with Crippen molar-refractivity contribution in [2.45, 2.75) is 32.4 Å². The van der Waals surface area contributed by atoms with Gasteiger partial charge in [-0.1, -0.05) is 38.1 Å². The molecule has 2 aliphatic heterocycles. The van der Waals surface area contributed by atoms with Gasteiger partial charge in [0.25, 0.3) is 11.7 Å². The molecule has 2 aromatic carbocycles. The van der Waals surface area contributed by atoms with Gasteiger partial charge in [0, 0.05) is 5.56 Å². The first-order valence-electron chi connectivity index (χ1n) is 11.2. The normalized spacial score (nSPS) is 19.1. The summed E-state index contributed by atoms with van der Waals surface area (Å²) in [5, 5.41) is 11.3. The van der Waals surface area contributed by atoms with Gasteiger partial charge in [-0.05, 0) is 47.4 Å². The van der Waals surface area contributed by atoms with Crippen LogP contribution in [-0.2, 0) is 16.1 Å². The van der Waals surface area contributed by atoms with E-state index >= 15 is 0 Å². The van der Waals surface area contributed by atoms with Crippen molar-refractivity contribution < 1.29 is 28.6 Å². The number of ether oxygens (including phenoxy) is 2. The Morgan fingerprint density at radius 2 is 1.76 bits per heavy atom. The molecule has 3 aromatic rings. The van der Waals surface area contributed by atoms with E-state index in [9.17, 15) is 14.7 Å². The van der Waals surface area contributed by atoms with Crippen LogP contribution in [0.1, 0.15) is 48.3 Å². The number of nitrogens with zero attached hydrogens (tertiary/aromatic N) is 1. The van der Waals surface area contributed by atoms with Crippen molar-refractivity contribution in [3.63, 3.8) is 0 Å². The first kappa shape index (κ1) is 21.8. The van der Waals surface area contributed by atoms with Crippen LogP contribution in [0.3, 0.4) is 0 Å². The summed E-state index contributed by atoms with van der Waals surface area (Å²) in [6.07, 6.45) is 1.52. The maximum absolute atomic E-state index is 13.2. The number of ketones is 1. The van der Waals surface area contributed by atoms with Gasteiger partial charge >= 0.3 is 0 Å². The minimum absolute atomic E-state index is 0.0329. The van der Waals surface area contributed by atoms with Gasteiger partial charge in [-0.15, -0.1) is 0 Å². The zero-order chi connectivity index (χ0) is 23.8. The molecule has 0 bridgehead atoms. The van der Waals surface area contributed by atoms with Gasteiger partial charge in [0.15, 0.2) is 11.5 Å². The number of Topliss-reactive ketones (excluding diaryl/α,β-unsaturated/α-hetero) is 1. The number of likely N-dealkylation sites (tertiary alicyclic amines) is 1. The highest BCUT2D eigenvalue weighted by Gasteiger charge is 2.46. The van der Waals surface area contributed by atoms with Gasteiger partial charge in [0.2, 0.25) is 0 Å². The smallest absolute Gasteiger partial charge is 0.296 e. The van der Waals surface area contributed by atoms with Crippen molar-refractivity contribution in [1.82, 2.24) is 4.90 Å². The SMILES string of the molecule is CC(C)c1ccc(C2/C(=C(/O)c3ccc4c(c3)OCCO4)C(=O)C(=O)N2Cc2ccco2)cc1. The number of fused-ring (bicyclic) bond motifs is 1. The summed E-state index contributed by atoms with van der Waals surface area (Å²) in [5.41, 5.74) is 2.28. The number of carbonyl (C=O) groups is 2. The van der Waals surface area contributed by atoms with E-state index in [4.69, 9.17) is 13.9 Å². The van der Waals surface area contributed by atoms with E-state index in [0.717, 1.165) is 11.1 Å². The molecular weight excluding hydrogens is 434 g/mol. The van der Waals surface area contributed by atoms with Crippen LogP contribution in [-0.4, -0.2) is 34.9 Å². The second-order valence-electron chi connectivity index (χ2n) is 8.69. The molecule has 7 nitrogen and oxygen atoms in total. The molecule has 1 saturated heterocycles. The fraction of sp³-hybridized carbons (Fsp3) is 0.259. The Balaban J connectivity index is 1.62. The Bertz CT molecular complexity index is 1260. The van der Waals surface area contributed by atoms with Crippen molar-refractivity contribution in [3.05, 3.63) is 88.9 Å². The Morgan fingerprint density at radius 3 is 2.44 bits per heavy atom. The van der Waals surface area contributed by atoms with E-state index in [1.54, 1.807) is 30.3 Å². The number of hydrogen-bond acceptors (Lipinski definition) is 6. The third-order valence-corrected chi connectivity index (χ3v) is 6.18. The number of carbonyl (C=O) groups excluding carboxylic acids is 2. The summed E-state index contributed by atoms with van der Waals surface area (Å²) in [6, 6.07) is 15.5. The second-order valence-corrected chi connectivity index (χ2v) is 8.69. The van der Waals surface area contributed by atoms with Crippen LogP contribution in [0.15, 0.2) is 70.9 Å². The molecular formula is C27H25NO6. The lowest BCUT2D eigenvalue weighted by Gasteiger charge is -2.25. The Labute approximate surface area is 197 Å². The fourth-order valence-electron chi connectivity index (χ4n) is 4.37. The zero-order valence-corrected chi connectivity index (χ0v) is 19.0. The minimum atomic E-state index is -0.764. The number of benzene rings is 2. The monoisotopic (exact) mass is 459 g/mol. The van der Waals surface area contributed by atoms with Gasteiger partial charge in [-0.2, -0.15) is 0 Å². The summed E-state index contributed by atoms with van der Waals surface area (Å²) in [4.78, 5) is 27.8. The lowest BCUT2D eigenvalue weighted by Crippen LogP contribution is -2.29. The molecule has 0 saturated carbocycles. The van der Waals surface area contributed by atoms with Crippen LogP contribution in [0.2, 0.25) is 0 Å². The second kappa shape index (κ2) is 8.74. The molecule has 34 heavy (non-hydrogen) atoms. The van der Waals surface area contributed by atoms with Crippen LogP contribution in [0.25, 0.3) is 5.76 Å². The van der Waals surface area contributed by atoms with Crippen molar-refractivity contribution in [1.29, 1.82) is 0 Å². The van der Waals surface area contributed by atoms with Crippen LogP contribution < -0.4 is 9.47 Å². The van der Waals surface area contributed by atoms with Gasteiger partial charge in [-0.3, -0.25) is 9.59 Å². The summed E-state index contributed by atoms with van der Waals surface area (Å²) in [7, 11) is 0. The highest BCUT2D eigenvalue weighted by atomic mass is 16.6. The zero-order valence-electron chi connectivity index (χ0n) is 19.0. The quantitative estimate of drug-likeness (QED) is 0.335. The molecule has 1 fully saturated rings. The van der Waals surface area contributed by atoms with Crippen molar-refractivity contribution >= 4 is 17.4 Å². The molecule has 1 atom stereocenters. The molecule has 3 heterocycles. The highest BCUT2D eigenvalue weighted by molar-refractivity contribution is 6.46. The molecule has 174 valence electrons. The van der Waals surface area contributed by atoms with E-state index in [-0.39, 0.29) is 17.9 Å². The summed E-state index contributed by atoms with van der Waals surface area (Å²) >= 11 is 0. The number of rotatable bonds is 5. The van der Waals surface area contributed by atoms with Crippen molar-refractivity contribution in [3.8, 4) is 11.5 Å². The molecule has 1 amide bonds. The first-order valence-corrected chi connectivity index (χ1v) is 11.2. The van der Waals surface area contributed by atoms with E-state index in [1.165, 1.54) is 11.2 Å². The summed E-state index contributed by atoms with van der Waals surface area (Å²) in [5.74, 6) is 0.256. The van der Waals surface area contributed by atoms with Gasteiger partial charge < -0.3 is 23.9 Å². The van der Waals surface area contributed by atoms with Crippen LogP contribution >= 0.6 is 0 Å². The average Bonchev–Trinajstić information content (AvgIpc) is 3.46. The molecule has 0 radical (unpaired) electrons. The van der Waals surface area contributed by atoms with E-state index < -0.39 is 17.7 Å². The Kier molecular flexibility index (Phi) is 5.61. The highest BCUT2D eigenvalue weighted by Crippen LogP contribution is 2.42. The average molecular weight is 459 g/mol. The predicted molar refractivity (Wildman–Crippen MR) is 125 cm³/mol. The van der Waals surface area contributed by atoms with Crippen LogP contribution in [0.5, 0.6) is 11.5 Å². The van der Waals surface area contributed by atoms with E-state index in [0.29, 0.717) is 42.0 Å². The molecule has 7 heteroatoms. The number of amides is 1. The predicted octanol–water partition coefficient (Wildman–Crippen LogP) is 4.80. The third kappa shape index (κ3) is 3.83.